The maximum Gasteiger partial charge on any atom is 0.0329 e. The Labute approximate surface area is 121 Å². The number of hydrogen-bond acceptors (Lipinski definition) is 2. The summed E-state index contributed by atoms with van der Waals surface area (Å²) in [7, 11) is 0. The van der Waals surface area contributed by atoms with Crippen LogP contribution in [0.25, 0.3) is 0 Å². The van der Waals surface area contributed by atoms with E-state index in [4.69, 9.17) is 5.73 Å². The highest BCUT2D eigenvalue weighted by atomic mass is 15.2. The molecule has 0 aliphatic carbocycles. The second-order valence-corrected chi connectivity index (χ2v) is 7.51. The topological polar surface area (TPSA) is 29.3 Å². The highest BCUT2D eigenvalue weighted by Gasteiger charge is 2.37. The summed E-state index contributed by atoms with van der Waals surface area (Å²) in [5.41, 5.74) is 6.91. The Morgan fingerprint density at radius 2 is 1.68 bits per heavy atom. The molecule has 1 heterocycles. The normalized spacial score (nSPS) is 22.4. The third-order valence-electron chi connectivity index (χ3n) is 5.42. The largest absolute Gasteiger partial charge is 0.329 e. The van der Waals surface area contributed by atoms with Crippen LogP contribution in [0.1, 0.15) is 73.1 Å². The van der Waals surface area contributed by atoms with Crippen molar-refractivity contribution in [2.45, 2.75) is 78.7 Å². The Bertz CT molecular complexity index is 242. The van der Waals surface area contributed by atoms with E-state index in [0.717, 1.165) is 12.5 Å². The van der Waals surface area contributed by atoms with Crippen LogP contribution in [0.5, 0.6) is 0 Å². The van der Waals surface area contributed by atoms with Gasteiger partial charge in [0.2, 0.25) is 0 Å². The maximum absolute atomic E-state index is 6.17. The molecule has 0 aromatic carbocycles. The first kappa shape index (κ1) is 17.0. The molecule has 0 aromatic rings. The van der Waals surface area contributed by atoms with Crippen molar-refractivity contribution < 1.29 is 0 Å². The molecule has 2 heteroatoms. The van der Waals surface area contributed by atoms with Gasteiger partial charge in [0.15, 0.2) is 0 Å². The Balaban J connectivity index is 2.64. The van der Waals surface area contributed by atoms with E-state index in [1.165, 1.54) is 51.6 Å². The van der Waals surface area contributed by atoms with Gasteiger partial charge in [0, 0.05) is 12.1 Å². The number of likely N-dealkylation sites (tertiary alicyclic amines) is 1. The van der Waals surface area contributed by atoms with Gasteiger partial charge < -0.3 is 5.73 Å². The van der Waals surface area contributed by atoms with Gasteiger partial charge in [-0.15, -0.1) is 0 Å². The zero-order chi connectivity index (χ0) is 14.5. The summed E-state index contributed by atoms with van der Waals surface area (Å²) in [5.74, 6) is 0.877. The van der Waals surface area contributed by atoms with E-state index in [0.29, 0.717) is 5.41 Å². The predicted octanol–water partition coefficient (Wildman–Crippen LogP) is 4.04. The number of nitrogens with two attached hydrogens (primary N) is 1. The number of rotatable bonds is 6. The first-order valence-electron chi connectivity index (χ1n) is 8.34. The van der Waals surface area contributed by atoms with E-state index in [1.807, 2.05) is 0 Å². The minimum Gasteiger partial charge on any atom is -0.329 e. The zero-order valence-electron chi connectivity index (χ0n) is 14.0. The van der Waals surface area contributed by atoms with E-state index in [2.05, 4.69) is 39.5 Å². The number of piperidine rings is 1. The molecule has 1 aliphatic rings. The van der Waals surface area contributed by atoms with Crippen LogP contribution in [-0.2, 0) is 0 Å². The molecule has 0 bridgehead atoms. The summed E-state index contributed by atoms with van der Waals surface area (Å²) in [6.07, 6.45) is 7.75. The lowest BCUT2D eigenvalue weighted by atomic mass is 9.74. The first-order chi connectivity index (χ1) is 8.89. The minimum atomic E-state index is 0.277. The number of hydrogen-bond donors (Lipinski definition) is 1. The number of unbranched alkanes of at least 4 members (excludes halogenated alkanes) is 1. The van der Waals surface area contributed by atoms with Crippen molar-refractivity contribution >= 4 is 0 Å². The van der Waals surface area contributed by atoms with Crippen molar-refractivity contribution in [2.24, 2.45) is 17.1 Å². The van der Waals surface area contributed by atoms with Gasteiger partial charge in [0.25, 0.3) is 0 Å². The van der Waals surface area contributed by atoms with Crippen LogP contribution in [0.2, 0.25) is 0 Å². The molecule has 0 spiro atoms. The summed E-state index contributed by atoms with van der Waals surface area (Å²) < 4.78 is 0. The van der Waals surface area contributed by atoms with Crippen LogP contribution in [0.4, 0.5) is 0 Å². The molecular weight excluding hydrogens is 232 g/mol. The van der Waals surface area contributed by atoms with Crippen molar-refractivity contribution in [3.05, 3.63) is 0 Å². The highest BCUT2D eigenvalue weighted by molar-refractivity contribution is 4.94. The lowest BCUT2D eigenvalue weighted by Gasteiger charge is -2.48. The quantitative estimate of drug-likeness (QED) is 0.787. The Morgan fingerprint density at radius 1 is 1.11 bits per heavy atom. The molecule has 1 aliphatic heterocycles. The molecule has 2 nitrogen and oxygen atoms in total. The van der Waals surface area contributed by atoms with Crippen LogP contribution < -0.4 is 5.73 Å². The Hall–Kier alpha value is -0.0800. The highest BCUT2D eigenvalue weighted by Crippen LogP contribution is 2.37. The minimum absolute atomic E-state index is 0.277. The lowest BCUT2D eigenvalue weighted by Crippen LogP contribution is -2.56. The van der Waals surface area contributed by atoms with E-state index in [1.54, 1.807) is 0 Å². The molecule has 0 radical (unpaired) electrons. The SMILES string of the molecule is CCCCC(CC)(CN)N1CCC(C(C)(C)C)CC1. The standard InChI is InChI=1S/C17H36N2/c1-6-8-11-17(7-2,14-18)19-12-9-15(10-13-19)16(3,4)5/h15H,6-14,18H2,1-5H3. The van der Waals surface area contributed by atoms with Gasteiger partial charge in [-0.25, -0.2) is 0 Å². The zero-order valence-corrected chi connectivity index (χ0v) is 14.0. The molecule has 1 atom stereocenters. The molecule has 19 heavy (non-hydrogen) atoms. The van der Waals surface area contributed by atoms with Crippen molar-refractivity contribution in [3.63, 3.8) is 0 Å². The van der Waals surface area contributed by atoms with Gasteiger partial charge >= 0.3 is 0 Å². The summed E-state index contributed by atoms with van der Waals surface area (Å²) in [5, 5.41) is 0. The molecule has 1 saturated heterocycles. The molecule has 0 saturated carbocycles. The molecular formula is C17H36N2. The second kappa shape index (κ2) is 7.08. The van der Waals surface area contributed by atoms with Gasteiger partial charge in [-0.1, -0.05) is 47.5 Å². The van der Waals surface area contributed by atoms with E-state index in [-0.39, 0.29) is 5.54 Å². The van der Waals surface area contributed by atoms with E-state index in [9.17, 15) is 0 Å². The van der Waals surface area contributed by atoms with Crippen molar-refractivity contribution in [1.82, 2.24) is 4.90 Å². The van der Waals surface area contributed by atoms with Gasteiger partial charge in [0.05, 0.1) is 0 Å². The predicted molar refractivity (Wildman–Crippen MR) is 85.4 cm³/mol. The monoisotopic (exact) mass is 268 g/mol. The fourth-order valence-electron chi connectivity index (χ4n) is 3.66. The third-order valence-corrected chi connectivity index (χ3v) is 5.42. The summed E-state index contributed by atoms with van der Waals surface area (Å²) in [4.78, 5) is 2.71. The lowest BCUT2D eigenvalue weighted by molar-refractivity contribution is 0.0207. The maximum atomic E-state index is 6.17. The smallest absolute Gasteiger partial charge is 0.0329 e. The van der Waals surface area contributed by atoms with Crippen LogP contribution >= 0.6 is 0 Å². The van der Waals surface area contributed by atoms with Crippen LogP contribution in [0.15, 0.2) is 0 Å². The van der Waals surface area contributed by atoms with Gasteiger partial charge in [0.1, 0.15) is 0 Å². The number of nitrogens with zero attached hydrogens (tertiary/aromatic N) is 1. The first-order valence-corrected chi connectivity index (χ1v) is 8.34. The van der Waals surface area contributed by atoms with Crippen molar-refractivity contribution in [1.29, 1.82) is 0 Å². The second-order valence-electron chi connectivity index (χ2n) is 7.51. The third kappa shape index (κ3) is 4.19. The van der Waals surface area contributed by atoms with Crippen LogP contribution in [-0.4, -0.2) is 30.1 Å². The van der Waals surface area contributed by atoms with E-state index >= 15 is 0 Å². The summed E-state index contributed by atoms with van der Waals surface area (Å²) in [6, 6.07) is 0. The summed E-state index contributed by atoms with van der Waals surface area (Å²) >= 11 is 0. The average Bonchev–Trinajstić information content (AvgIpc) is 2.40. The molecule has 1 unspecified atom stereocenters. The molecule has 1 fully saturated rings. The van der Waals surface area contributed by atoms with Gasteiger partial charge in [-0.05, 0) is 50.1 Å². The summed E-state index contributed by atoms with van der Waals surface area (Å²) in [6.45, 7) is 15.1. The van der Waals surface area contributed by atoms with Gasteiger partial charge in [-0.3, -0.25) is 4.90 Å². The van der Waals surface area contributed by atoms with Crippen LogP contribution in [0.3, 0.4) is 0 Å². The molecule has 114 valence electrons. The Kier molecular flexibility index (Phi) is 6.32. The van der Waals surface area contributed by atoms with Crippen molar-refractivity contribution in [2.75, 3.05) is 19.6 Å². The van der Waals surface area contributed by atoms with E-state index < -0.39 is 0 Å². The van der Waals surface area contributed by atoms with Gasteiger partial charge in [-0.2, -0.15) is 0 Å². The molecule has 0 amide bonds. The van der Waals surface area contributed by atoms with Crippen molar-refractivity contribution in [3.8, 4) is 0 Å². The fourth-order valence-corrected chi connectivity index (χ4v) is 3.66. The van der Waals surface area contributed by atoms with Crippen LogP contribution in [0, 0.1) is 11.3 Å². The molecule has 1 rings (SSSR count). The Morgan fingerprint density at radius 3 is 2.05 bits per heavy atom. The molecule has 0 aromatic heterocycles. The average molecular weight is 268 g/mol. The molecule has 2 N–H and O–H groups in total. The fraction of sp³-hybridized carbons (Fsp3) is 1.00.